The highest BCUT2D eigenvalue weighted by molar-refractivity contribution is 6.07. The van der Waals surface area contributed by atoms with E-state index >= 15 is 0 Å². The number of carbonyl (C=O) groups excluding carboxylic acids is 1. The van der Waals surface area contributed by atoms with Crippen LogP contribution in [-0.4, -0.2) is 16.1 Å². The van der Waals surface area contributed by atoms with Crippen LogP contribution in [0, 0.1) is 20.8 Å². The number of nitrogens with one attached hydrogen (secondary N) is 2. The molecule has 1 heterocycles. The monoisotopic (exact) mass is 244 g/mol. The second-order valence-electron chi connectivity index (χ2n) is 4.43. The highest BCUT2D eigenvalue weighted by atomic mass is 16.1. The molecule has 0 saturated carbocycles. The lowest BCUT2D eigenvalue weighted by Crippen LogP contribution is -2.16. The molecule has 4 N–H and O–H groups in total. The Morgan fingerprint density at radius 1 is 1.28 bits per heavy atom. The van der Waals surface area contributed by atoms with Crippen molar-refractivity contribution in [3.63, 3.8) is 0 Å². The molecule has 1 aromatic carbocycles. The van der Waals surface area contributed by atoms with Crippen molar-refractivity contribution in [3.05, 3.63) is 40.6 Å². The molecule has 0 bridgehead atoms. The Labute approximate surface area is 105 Å². The Bertz CT molecular complexity index is 578. The largest absolute Gasteiger partial charge is 0.394 e. The first-order valence-electron chi connectivity index (χ1n) is 5.67. The van der Waals surface area contributed by atoms with E-state index in [0.717, 1.165) is 16.7 Å². The number of benzene rings is 1. The molecule has 0 aliphatic heterocycles. The lowest BCUT2D eigenvalue weighted by molar-refractivity contribution is 0.102. The second-order valence-corrected chi connectivity index (χ2v) is 4.43. The van der Waals surface area contributed by atoms with Gasteiger partial charge in [0.1, 0.15) is 0 Å². The maximum atomic E-state index is 12.2. The van der Waals surface area contributed by atoms with Crippen molar-refractivity contribution < 1.29 is 4.79 Å². The molecule has 18 heavy (non-hydrogen) atoms. The Morgan fingerprint density at radius 2 is 1.89 bits per heavy atom. The van der Waals surface area contributed by atoms with E-state index in [-0.39, 0.29) is 5.91 Å². The Balaban J connectivity index is 2.33. The van der Waals surface area contributed by atoms with E-state index < -0.39 is 0 Å². The van der Waals surface area contributed by atoms with Crippen molar-refractivity contribution in [3.8, 4) is 0 Å². The number of anilines is 2. The number of carbonyl (C=O) groups is 1. The molecule has 0 atom stereocenters. The molecule has 0 aliphatic rings. The highest BCUT2D eigenvalue weighted by Crippen LogP contribution is 2.19. The Morgan fingerprint density at radius 3 is 2.39 bits per heavy atom. The molecule has 0 saturated heterocycles. The zero-order valence-electron chi connectivity index (χ0n) is 10.7. The van der Waals surface area contributed by atoms with Gasteiger partial charge in [-0.1, -0.05) is 17.7 Å². The summed E-state index contributed by atoms with van der Waals surface area (Å²) >= 11 is 0. The van der Waals surface area contributed by atoms with Gasteiger partial charge < -0.3 is 11.1 Å². The Kier molecular flexibility index (Phi) is 3.06. The van der Waals surface area contributed by atoms with E-state index in [0.29, 0.717) is 17.1 Å². The van der Waals surface area contributed by atoms with Gasteiger partial charge in [0.2, 0.25) is 0 Å². The second kappa shape index (κ2) is 4.52. The van der Waals surface area contributed by atoms with Crippen LogP contribution in [0.4, 0.5) is 11.5 Å². The van der Waals surface area contributed by atoms with Gasteiger partial charge in [-0.2, -0.15) is 5.10 Å². The predicted molar refractivity (Wildman–Crippen MR) is 71.6 cm³/mol. The van der Waals surface area contributed by atoms with Gasteiger partial charge in [-0.05, 0) is 31.9 Å². The number of aromatic nitrogens is 2. The molecule has 2 aromatic rings. The first-order valence-corrected chi connectivity index (χ1v) is 5.67. The summed E-state index contributed by atoms with van der Waals surface area (Å²) in [5.74, 6) is 0.250. The fourth-order valence-electron chi connectivity index (χ4n) is 2.11. The fourth-order valence-corrected chi connectivity index (χ4v) is 2.11. The number of aromatic amines is 1. The predicted octanol–water partition coefficient (Wildman–Crippen LogP) is 2.17. The van der Waals surface area contributed by atoms with Gasteiger partial charge >= 0.3 is 0 Å². The van der Waals surface area contributed by atoms with Crippen molar-refractivity contribution in [2.75, 3.05) is 11.1 Å². The number of H-pyrrole nitrogens is 1. The number of hydrogen-bond donors (Lipinski definition) is 3. The van der Waals surface area contributed by atoms with Gasteiger partial charge in [-0.15, -0.1) is 0 Å². The van der Waals surface area contributed by atoms with Gasteiger partial charge in [0.05, 0.1) is 11.9 Å². The minimum Gasteiger partial charge on any atom is -0.394 e. The van der Waals surface area contributed by atoms with E-state index in [4.69, 9.17) is 5.73 Å². The normalized spacial score (nSPS) is 10.4. The molecule has 2 rings (SSSR count). The summed E-state index contributed by atoms with van der Waals surface area (Å²) in [5.41, 5.74) is 9.79. The van der Waals surface area contributed by atoms with Crippen molar-refractivity contribution in [1.82, 2.24) is 10.2 Å². The van der Waals surface area contributed by atoms with E-state index in [1.165, 1.54) is 6.20 Å². The zero-order chi connectivity index (χ0) is 13.3. The molecule has 0 aliphatic carbocycles. The van der Waals surface area contributed by atoms with Crippen molar-refractivity contribution in [2.45, 2.75) is 20.8 Å². The standard InChI is InChI=1S/C13H16N4O/c1-7-4-8(2)11(9(3)5-7)13(18)16-12-10(14)6-15-17-12/h4-6H,14H2,1-3H3,(H2,15,16,17,18). The lowest BCUT2D eigenvalue weighted by atomic mass is 9.99. The van der Waals surface area contributed by atoms with Gasteiger partial charge in [0, 0.05) is 5.56 Å². The number of nitrogens with two attached hydrogens (primary N) is 1. The molecule has 1 aromatic heterocycles. The average molecular weight is 244 g/mol. The molecule has 94 valence electrons. The summed E-state index contributed by atoms with van der Waals surface area (Å²) < 4.78 is 0. The fraction of sp³-hybridized carbons (Fsp3) is 0.231. The number of aryl methyl sites for hydroxylation is 3. The van der Waals surface area contributed by atoms with Crippen LogP contribution in [0.3, 0.4) is 0 Å². The van der Waals surface area contributed by atoms with Crippen LogP contribution >= 0.6 is 0 Å². The number of amides is 1. The summed E-state index contributed by atoms with van der Waals surface area (Å²) in [6.45, 7) is 5.85. The maximum Gasteiger partial charge on any atom is 0.257 e. The minimum absolute atomic E-state index is 0.180. The molecule has 5 nitrogen and oxygen atoms in total. The van der Waals surface area contributed by atoms with Gasteiger partial charge in [0.25, 0.3) is 5.91 Å². The molecule has 0 spiro atoms. The van der Waals surface area contributed by atoms with Crippen LogP contribution in [0.5, 0.6) is 0 Å². The topological polar surface area (TPSA) is 83.8 Å². The molecule has 0 fully saturated rings. The van der Waals surface area contributed by atoms with Crippen LogP contribution in [0.2, 0.25) is 0 Å². The number of rotatable bonds is 2. The molecular weight excluding hydrogens is 228 g/mol. The zero-order valence-corrected chi connectivity index (χ0v) is 10.7. The summed E-state index contributed by atoms with van der Waals surface area (Å²) in [6.07, 6.45) is 1.46. The molecule has 1 amide bonds. The number of nitrogen functional groups attached to an aromatic ring is 1. The van der Waals surface area contributed by atoms with Crippen molar-refractivity contribution in [1.29, 1.82) is 0 Å². The number of nitrogens with zero attached hydrogens (tertiary/aromatic N) is 1. The van der Waals surface area contributed by atoms with E-state index in [2.05, 4.69) is 15.5 Å². The number of hydrogen-bond acceptors (Lipinski definition) is 3. The third-order valence-corrected chi connectivity index (χ3v) is 2.81. The van der Waals surface area contributed by atoms with Crippen molar-refractivity contribution in [2.24, 2.45) is 0 Å². The first-order chi connectivity index (χ1) is 8.49. The summed E-state index contributed by atoms with van der Waals surface area (Å²) in [7, 11) is 0. The van der Waals surface area contributed by atoms with Crippen LogP contribution in [0.15, 0.2) is 18.3 Å². The minimum atomic E-state index is -0.180. The smallest absolute Gasteiger partial charge is 0.257 e. The van der Waals surface area contributed by atoms with Crippen molar-refractivity contribution >= 4 is 17.4 Å². The summed E-state index contributed by atoms with van der Waals surface area (Å²) in [5, 5.41) is 9.14. The molecule has 5 heteroatoms. The Hall–Kier alpha value is -2.30. The van der Waals surface area contributed by atoms with Gasteiger partial charge in [-0.3, -0.25) is 9.89 Å². The summed E-state index contributed by atoms with van der Waals surface area (Å²) in [4.78, 5) is 12.2. The van der Waals surface area contributed by atoms with E-state index in [9.17, 15) is 4.79 Å². The third kappa shape index (κ3) is 2.20. The summed E-state index contributed by atoms with van der Waals surface area (Å²) in [6, 6.07) is 3.97. The van der Waals surface area contributed by atoms with Gasteiger partial charge in [0.15, 0.2) is 5.82 Å². The SMILES string of the molecule is Cc1cc(C)c(C(=O)Nc2[nH]ncc2N)c(C)c1. The quantitative estimate of drug-likeness (QED) is 0.757. The maximum absolute atomic E-state index is 12.2. The van der Waals surface area contributed by atoms with Crippen LogP contribution in [-0.2, 0) is 0 Å². The first kappa shape index (κ1) is 12.2. The van der Waals surface area contributed by atoms with E-state index in [1.54, 1.807) is 0 Å². The highest BCUT2D eigenvalue weighted by Gasteiger charge is 2.14. The van der Waals surface area contributed by atoms with Crippen LogP contribution in [0.25, 0.3) is 0 Å². The van der Waals surface area contributed by atoms with Gasteiger partial charge in [-0.25, -0.2) is 0 Å². The molecule has 0 radical (unpaired) electrons. The van der Waals surface area contributed by atoms with Crippen LogP contribution in [0.1, 0.15) is 27.0 Å². The average Bonchev–Trinajstić information content (AvgIpc) is 2.62. The molecular formula is C13H16N4O. The van der Waals surface area contributed by atoms with Crippen LogP contribution < -0.4 is 11.1 Å². The van der Waals surface area contributed by atoms with E-state index in [1.807, 2.05) is 32.9 Å². The molecule has 0 unspecified atom stereocenters. The third-order valence-electron chi connectivity index (χ3n) is 2.81. The lowest BCUT2D eigenvalue weighted by Gasteiger charge is -2.11.